The molecule has 8 nitrogen and oxygen atoms in total. The first-order valence-corrected chi connectivity index (χ1v) is 8.04. The monoisotopic (exact) mass is 331 g/mol. The van der Waals surface area contributed by atoms with Gasteiger partial charge in [-0.2, -0.15) is 0 Å². The first-order valence-electron chi connectivity index (χ1n) is 8.04. The number of nitrogens with zero attached hydrogens (tertiary/aromatic N) is 3. The molecule has 0 unspecified atom stereocenters. The maximum atomic E-state index is 12.4. The van der Waals surface area contributed by atoms with Crippen LogP contribution in [0.3, 0.4) is 0 Å². The van der Waals surface area contributed by atoms with E-state index in [4.69, 9.17) is 0 Å². The molecule has 0 aliphatic carbocycles. The number of carbonyl (C=O) groups excluding carboxylic acids is 1. The minimum atomic E-state index is -0.630. The molecule has 0 radical (unpaired) electrons. The summed E-state index contributed by atoms with van der Waals surface area (Å²) in [5, 5.41) is 6.49. The Labute approximate surface area is 139 Å². The average molecular weight is 331 g/mol. The summed E-state index contributed by atoms with van der Waals surface area (Å²) in [6.45, 7) is 2.16. The van der Waals surface area contributed by atoms with Crippen molar-refractivity contribution in [2.45, 2.75) is 25.8 Å². The molecule has 1 aromatic heterocycles. The summed E-state index contributed by atoms with van der Waals surface area (Å²) < 4.78 is 4.44. The van der Waals surface area contributed by atoms with Crippen molar-refractivity contribution in [3.8, 4) is 0 Å². The second-order valence-electron chi connectivity index (χ2n) is 5.89. The molecule has 2 N–H and O–H groups in total. The van der Waals surface area contributed by atoms with Crippen molar-refractivity contribution in [3.63, 3.8) is 0 Å². The zero-order valence-corrected chi connectivity index (χ0v) is 13.6. The van der Waals surface area contributed by atoms with Crippen LogP contribution in [0, 0.1) is 0 Å². The number of nitrogens with one attached hydrogen (secondary N) is 2. The van der Waals surface area contributed by atoms with Crippen LogP contribution in [0.25, 0.3) is 0 Å². The van der Waals surface area contributed by atoms with Crippen LogP contribution in [0.2, 0.25) is 0 Å². The zero-order chi connectivity index (χ0) is 16.9. The van der Waals surface area contributed by atoms with Gasteiger partial charge in [0.05, 0.1) is 17.9 Å². The number of hydrogen-bond acceptors (Lipinski definition) is 5. The van der Waals surface area contributed by atoms with Crippen LogP contribution < -0.4 is 16.0 Å². The third kappa shape index (κ3) is 3.76. The van der Waals surface area contributed by atoms with Crippen molar-refractivity contribution in [1.82, 2.24) is 15.0 Å². The SMILES string of the molecule is CN(Cc1noc(=O)[nH]1)C(=O)Nc1ccccc1N1CCCCC1. The number of hydrogen-bond donors (Lipinski definition) is 2. The lowest BCUT2D eigenvalue weighted by atomic mass is 10.1. The van der Waals surface area contributed by atoms with Crippen molar-refractivity contribution < 1.29 is 9.32 Å². The van der Waals surface area contributed by atoms with Crippen LogP contribution in [-0.2, 0) is 6.54 Å². The third-order valence-electron chi connectivity index (χ3n) is 4.06. The van der Waals surface area contributed by atoms with E-state index in [0.717, 1.165) is 24.5 Å². The lowest BCUT2D eigenvalue weighted by Gasteiger charge is -2.30. The number of urea groups is 1. The van der Waals surface area contributed by atoms with Gasteiger partial charge in [0, 0.05) is 20.1 Å². The molecule has 1 aliphatic heterocycles. The number of anilines is 2. The number of piperidine rings is 1. The molecule has 1 aromatic carbocycles. The van der Waals surface area contributed by atoms with Crippen LogP contribution in [0.5, 0.6) is 0 Å². The van der Waals surface area contributed by atoms with E-state index >= 15 is 0 Å². The fourth-order valence-electron chi connectivity index (χ4n) is 2.83. The van der Waals surface area contributed by atoms with Crippen molar-refractivity contribution in [2.24, 2.45) is 0 Å². The van der Waals surface area contributed by atoms with Gasteiger partial charge in [0.2, 0.25) is 0 Å². The topological polar surface area (TPSA) is 94.5 Å². The van der Waals surface area contributed by atoms with Gasteiger partial charge in [-0.3, -0.25) is 9.51 Å². The molecule has 8 heteroatoms. The number of H-pyrrole nitrogens is 1. The Balaban J connectivity index is 1.68. The Hall–Kier alpha value is -2.77. The molecule has 0 bridgehead atoms. The Morgan fingerprint density at radius 3 is 2.79 bits per heavy atom. The van der Waals surface area contributed by atoms with E-state index in [2.05, 4.69) is 24.9 Å². The molecule has 0 atom stereocenters. The molecule has 0 spiro atoms. The van der Waals surface area contributed by atoms with Crippen LogP contribution >= 0.6 is 0 Å². The summed E-state index contributed by atoms with van der Waals surface area (Å²) in [5.74, 6) is -0.323. The standard InChI is InChI=1S/C16H21N5O3/c1-20(11-14-18-16(23)24-19-14)15(22)17-12-7-3-4-8-13(12)21-9-5-2-6-10-21/h3-4,7-8H,2,5-6,9-11H2,1H3,(H,17,22)(H,18,19,23). The highest BCUT2D eigenvalue weighted by atomic mass is 16.5. The van der Waals surface area contributed by atoms with E-state index in [9.17, 15) is 9.59 Å². The van der Waals surface area contributed by atoms with Gasteiger partial charge in [0.25, 0.3) is 0 Å². The van der Waals surface area contributed by atoms with Gasteiger partial charge < -0.3 is 15.1 Å². The summed E-state index contributed by atoms with van der Waals surface area (Å²) in [6, 6.07) is 7.52. The Kier molecular flexibility index (Phi) is 4.83. The molecule has 2 heterocycles. The maximum absolute atomic E-state index is 12.4. The molecule has 2 amide bonds. The molecule has 1 saturated heterocycles. The van der Waals surface area contributed by atoms with E-state index in [-0.39, 0.29) is 12.6 Å². The van der Waals surface area contributed by atoms with Gasteiger partial charge in [-0.25, -0.2) is 9.59 Å². The van der Waals surface area contributed by atoms with Gasteiger partial charge in [-0.15, -0.1) is 0 Å². The van der Waals surface area contributed by atoms with Crippen molar-refractivity contribution >= 4 is 17.4 Å². The second-order valence-corrected chi connectivity index (χ2v) is 5.89. The molecular formula is C16H21N5O3. The van der Waals surface area contributed by atoms with Gasteiger partial charge in [-0.1, -0.05) is 17.3 Å². The first-order chi connectivity index (χ1) is 11.6. The number of amides is 2. The quantitative estimate of drug-likeness (QED) is 0.894. The molecule has 128 valence electrons. The Bertz CT molecular complexity index is 748. The van der Waals surface area contributed by atoms with Gasteiger partial charge >= 0.3 is 11.8 Å². The normalized spacial score (nSPS) is 14.5. The summed E-state index contributed by atoms with van der Waals surface area (Å²) in [6.07, 6.45) is 3.59. The summed E-state index contributed by atoms with van der Waals surface area (Å²) in [7, 11) is 1.63. The van der Waals surface area contributed by atoms with E-state index in [1.807, 2.05) is 24.3 Å². The van der Waals surface area contributed by atoms with E-state index < -0.39 is 5.76 Å². The predicted molar refractivity (Wildman–Crippen MR) is 90.1 cm³/mol. The molecule has 24 heavy (non-hydrogen) atoms. The van der Waals surface area contributed by atoms with Crippen molar-refractivity contribution in [1.29, 1.82) is 0 Å². The maximum Gasteiger partial charge on any atom is 0.438 e. The minimum absolute atomic E-state index is 0.156. The highest BCUT2D eigenvalue weighted by molar-refractivity contribution is 5.93. The largest absolute Gasteiger partial charge is 0.438 e. The van der Waals surface area contributed by atoms with Crippen LogP contribution in [0.15, 0.2) is 33.6 Å². The fourth-order valence-corrected chi connectivity index (χ4v) is 2.83. The van der Waals surface area contributed by atoms with E-state index in [1.54, 1.807) is 7.05 Å². The van der Waals surface area contributed by atoms with Crippen LogP contribution in [0.4, 0.5) is 16.2 Å². The minimum Gasteiger partial charge on any atom is -0.370 e. The number of rotatable bonds is 4. The summed E-state index contributed by atoms with van der Waals surface area (Å²) in [4.78, 5) is 29.5. The molecule has 0 saturated carbocycles. The molecule has 1 aliphatic rings. The smallest absolute Gasteiger partial charge is 0.370 e. The van der Waals surface area contributed by atoms with Crippen LogP contribution in [0.1, 0.15) is 25.1 Å². The van der Waals surface area contributed by atoms with E-state index in [0.29, 0.717) is 5.82 Å². The third-order valence-corrected chi connectivity index (χ3v) is 4.06. The lowest BCUT2D eigenvalue weighted by molar-refractivity contribution is 0.219. The van der Waals surface area contributed by atoms with Gasteiger partial charge in [0.1, 0.15) is 0 Å². The molecule has 2 aromatic rings. The van der Waals surface area contributed by atoms with Gasteiger partial charge in [0.15, 0.2) is 5.82 Å². The molecule has 1 fully saturated rings. The number of para-hydroxylation sites is 2. The van der Waals surface area contributed by atoms with E-state index in [1.165, 1.54) is 24.2 Å². The van der Waals surface area contributed by atoms with Crippen molar-refractivity contribution in [2.75, 3.05) is 30.4 Å². The highest BCUT2D eigenvalue weighted by Gasteiger charge is 2.17. The number of aromatic amines is 1. The number of carbonyl (C=O) groups is 1. The first kappa shape index (κ1) is 16.1. The average Bonchev–Trinajstić information content (AvgIpc) is 3.01. The zero-order valence-electron chi connectivity index (χ0n) is 13.6. The number of aromatic nitrogens is 2. The number of benzene rings is 1. The Morgan fingerprint density at radius 1 is 1.33 bits per heavy atom. The lowest BCUT2D eigenvalue weighted by Crippen LogP contribution is -2.33. The predicted octanol–water partition coefficient (Wildman–Crippen LogP) is 2.02. The summed E-state index contributed by atoms with van der Waals surface area (Å²) in [5.41, 5.74) is 1.82. The molecule has 3 rings (SSSR count). The highest BCUT2D eigenvalue weighted by Crippen LogP contribution is 2.28. The summed E-state index contributed by atoms with van der Waals surface area (Å²) >= 11 is 0. The van der Waals surface area contributed by atoms with Gasteiger partial charge in [-0.05, 0) is 31.4 Å². The van der Waals surface area contributed by atoms with Crippen LogP contribution in [-0.4, -0.2) is 41.2 Å². The molecular weight excluding hydrogens is 310 g/mol. The fraction of sp³-hybridized carbons (Fsp3) is 0.438. The Morgan fingerprint density at radius 2 is 2.08 bits per heavy atom. The second kappa shape index (κ2) is 7.20. The van der Waals surface area contributed by atoms with Crippen molar-refractivity contribution in [3.05, 3.63) is 40.6 Å².